The van der Waals surface area contributed by atoms with E-state index in [-0.39, 0.29) is 16.6 Å². The van der Waals surface area contributed by atoms with Gasteiger partial charge < -0.3 is 10.2 Å². The third-order valence-electron chi connectivity index (χ3n) is 5.11. The summed E-state index contributed by atoms with van der Waals surface area (Å²) in [6, 6.07) is 7.40. The van der Waals surface area contributed by atoms with E-state index in [2.05, 4.69) is 15.0 Å². The van der Waals surface area contributed by atoms with Crippen molar-refractivity contribution >= 4 is 56.7 Å². The molecule has 1 aromatic carbocycles. The lowest BCUT2D eigenvalue weighted by Gasteiger charge is -2.28. The van der Waals surface area contributed by atoms with Crippen molar-refractivity contribution in [2.75, 3.05) is 23.1 Å². The Hall–Kier alpha value is -2.30. The van der Waals surface area contributed by atoms with Gasteiger partial charge in [0, 0.05) is 24.2 Å². The summed E-state index contributed by atoms with van der Waals surface area (Å²) in [5, 5.41) is 2.22. The van der Waals surface area contributed by atoms with Gasteiger partial charge in [-0.15, -0.1) is 11.8 Å². The molecule has 2 N–H and O–H groups in total. The normalized spacial score (nSPS) is 19.2. The number of pyridine rings is 1. The molecule has 4 rings (SSSR count). The van der Waals surface area contributed by atoms with E-state index in [0.717, 1.165) is 37.4 Å². The minimum absolute atomic E-state index is 0.0267. The number of thioether (sulfide) groups is 1. The number of hydrogen-bond acceptors (Lipinski definition) is 6. The van der Waals surface area contributed by atoms with Gasteiger partial charge in [-0.1, -0.05) is 24.4 Å². The third-order valence-corrected chi connectivity index (χ3v) is 7.95. The highest BCUT2D eigenvalue weighted by molar-refractivity contribution is 8.01. The molecule has 1 atom stereocenters. The summed E-state index contributed by atoms with van der Waals surface area (Å²) in [7, 11) is -3.92. The first kappa shape index (κ1) is 21.9. The predicted octanol–water partition coefficient (Wildman–Crippen LogP) is 3.35. The Labute approximate surface area is 189 Å². The molecule has 0 unspecified atom stereocenters. The van der Waals surface area contributed by atoms with Gasteiger partial charge in [-0.3, -0.25) is 14.3 Å². The minimum atomic E-state index is -3.92. The second-order valence-corrected chi connectivity index (χ2v) is 10.6. The van der Waals surface area contributed by atoms with Crippen LogP contribution in [-0.2, 0) is 19.6 Å². The van der Waals surface area contributed by atoms with Crippen LogP contribution in [0.2, 0.25) is 5.02 Å². The summed E-state index contributed by atoms with van der Waals surface area (Å²) in [6.45, 7) is 1.33. The van der Waals surface area contributed by atoms with E-state index in [9.17, 15) is 18.0 Å². The molecule has 164 valence electrons. The molecule has 1 aromatic heterocycles. The molecule has 0 bridgehead atoms. The van der Waals surface area contributed by atoms with E-state index < -0.39 is 21.2 Å². The van der Waals surface area contributed by atoms with Gasteiger partial charge >= 0.3 is 0 Å². The number of hydrogen-bond donors (Lipinski definition) is 2. The second kappa shape index (κ2) is 9.05. The van der Waals surface area contributed by atoms with Crippen molar-refractivity contribution in [1.29, 1.82) is 0 Å². The Morgan fingerprint density at radius 1 is 1.16 bits per heavy atom. The van der Waals surface area contributed by atoms with Gasteiger partial charge in [0.1, 0.15) is 5.82 Å². The van der Waals surface area contributed by atoms with Crippen LogP contribution < -0.4 is 10.0 Å². The van der Waals surface area contributed by atoms with Gasteiger partial charge in [0.15, 0.2) is 5.25 Å². The highest BCUT2D eigenvalue weighted by Gasteiger charge is 2.36. The van der Waals surface area contributed by atoms with Crippen LogP contribution in [0.15, 0.2) is 46.3 Å². The smallest absolute Gasteiger partial charge is 0.263 e. The number of rotatable bonds is 4. The number of anilines is 2. The average molecular weight is 481 g/mol. The molecule has 0 aliphatic carbocycles. The average Bonchev–Trinajstić information content (AvgIpc) is 3.03. The number of fused-ring (bicyclic) bond motifs is 1. The molecule has 2 aromatic rings. The first-order chi connectivity index (χ1) is 14.8. The zero-order valence-corrected chi connectivity index (χ0v) is 18.9. The van der Waals surface area contributed by atoms with Crippen LogP contribution in [0.25, 0.3) is 0 Å². The van der Waals surface area contributed by atoms with Crippen molar-refractivity contribution in [3.63, 3.8) is 0 Å². The number of amides is 2. The summed E-state index contributed by atoms with van der Waals surface area (Å²) in [5.41, 5.74) is 0.363. The molecule has 1 fully saturated rings. The summed E-state index contributed by atoms with van der Waals surface area (Å²) < 4.78 is 27.8. The number of likely N-dealkylation sites (tertiary alicyclic amines) is 1. The number of carbonyl (C=O) groups excluding carboxylic acids is 2. The molecule has 2 amide bonds. The van der Waals surface area contributed by atoms with E-state index >= 15 is 0 Å². The number of nitrogens with one attached hydrogen (secondary N) is 2. The van der Waals surface area contributed by atoms with Crippen LogP contribution in [0.4, 0.5) is 11.5 Å². The minimum Gasteiger partial charge on any atom is -0.341 e. The fourth-order valence-corrected chi connectivity index (χ4v) is 5.71. The van der Waals surface area contributed by atoms with Gasteiger partial charge in [0.25, 0.3) is 10.0 Å². The van der Waals surface area contributed by atoms with E-state index in [4.69, 9.17) is 11.6 Å². The number of halogens is 1. The van der Waals surface area contributed by atoms with Gasteiger partial charge in [0.05, 0.1) is 15.6 Å². The highest BCUT2D eigenvalue weighted by atomic mass is 35.5. The quantitative estimate of drug-likeness (QED) is 0.649. The summed E-state index contributed by atoms with van der Waals surface area (Å²) in [5.74, 6) is -0.500. The van der Waals surface area contributed by atoms with Crippen molar-refractivity contribution in [1.82, 2.24) is 9.88 Å². The molecule has 2 aliphatic heterocycles. The molecule has 8 nitrogen and oxygen atoms in total. The zero-order chi connectivity index (χ0) is 22.0. The Morgan fingerprint density at radius 3 is 2.58 bits per heavy atom. The standard InChI is InChI=1S/C20H21ClN4O4S2/c21-13-5-8-17(22-12-13)24-31(28,29)14-6-7-16-15(11-14)23-19(26)18(30-16)20(27)25-9-3-1-2-4-10-25/h5-8,11-12,18H,1-4,9-10H2,(H,22,24)(H,23,26)/t18-/m1/s1. The van der Waals surface area contributed by atoms with Crippen LogP contribution in [0.3, 0.4) is 0 Å². The summed E-state index contributed by atoms with van der Waals surface area (Å²) in [6.07, 6.45) is 5.40. The Bertz CT molecular complexity index is 1100. The van der Waals surface area contributed by atoms with Crippen molar-refractivity contribution in [2.45, 2.75) is 40.7 Å². The lowest BCUT2D eigenvalue weighted by atomic mass is 10.2. The van der Waals surface area contributed by atoms with Crippen molar-refractivity contribution in [3.8, 4) is 0 Å². The fraction of sp³-hybridized carbons (Fsp3) is 0.350. The Kier molecular flexibility index (Phi) is 6.40. The van der Waals surface area contributed by atoms with Crippen LogP contribution >= 0.6 is 23.4 Å². The molecule has 0 radical (unpaired) electrons. The lowest BCUT2D eigenvalue weighted by Crippen LogP contribution is -2.45. The SMILES string of the molecule is O=C1Nc2cc(S(=O)(=O)Nc3ccc(Cl)cn3)ccc2S[C@H]1C(=O)N1CCCCCC1. The van der Waals surface area contributed by atoms with Crippen LogP contribution in [0.1, 0.15) is 25.7 Å². The van der Waals surface area contributed by atoms with E-state index in [1.807, 2.05) is 0 Å². The Balaban J connectivity index is 1.52. The number of sulfonamides is 1. The zero-order valence-electron chi connectivity index (χ0n) is 16.5. The van der Waals surface area contributed by atoms with Crippen LogP contribution in [0.5, 0.6) is 0 Å². The van der Waals surface area contributed by atoms with E-state index in [0.29, 0.717) is 28.7 Å². The topological polar surface area (TPSA) is 108 Å². The summed E-state index contributed by atoms with van der Waals surface area (Å²) in [4.78, 5) is 31.9. The number of nitrogens with zero attached hydrogens (tertiary/aromatic N) is 2. The molecule has 31 heavy (non-hydrogen) atoms. The molecular formula is C20H21ClN4O4S2. The maximum absolute atomic E-state index is 12.9. The second-order valence-electron chi connectivity index (χ2n) is 7.35. The van der Waals surface area contributed by atoms with Gasteiger partial charge in [-0.05, 0) is 43.2 Å². The van der Waals surface area contributed by atoms with Crippen molar-refractivity contribution in [3.05, 3.63) is 41.6 Å². The maximum Gasteiger partial charge on any atom is 0.263 e. The predicted molar refractivity (Wildman–Crippen MR) is 120 cm³/mol. The number of aromatic nitrogens is 1. The van der Waals surface area contributed by atoms with Gasteiger partial charge in [-0.2, -0.15) is 0 Å². The molecule has 2 aliphatic rings. The van der Waals surface area contributed by atoms with Crippen LogP contribution in [-0.4, -0.2) is 48.5 Å². The summed E-state index contributed by atoms with van der Waals surface area (Å²) >= 11 is 6.93. The molecule has 0 spiro atoms. The Morgan fingerprint density at radius 2 is 1.90 bits per heavy atom. The van der Waals surface area contributed by atoms with Crippen LogP contribution in [0, 0.1) is 0 Å². The van der Waals surface area contributed by atoms with E-state index in [1.165, 1.54) is 30.5 Å². The first-order valence-electron chi connectivity index (χ1n) is 9.88. The lowest BCUT2D eigenvalue weighted by molar-refractivity contribution is -0.133. The van der Waals surface area contributed by atoms with E-state index in [1.54, 1.807) is 11.0 Å². The maximum atomic E-state index is 12.9. The van der Waals surface area contributed by atoms with Crippen molar-refractivity contribution < 1.29 is 18.0 Å². The number of carbonyl (C=O) groups is 2. The van der Waals surface area contributed by atoms with Crippen molar-refractivity contribution in [2.24, 2.45) is 0 Å². The molecule has 1 saturated heterocycles. The monoisotopic (exact) mass is 480 g/mol. The molecular weight excluding hydrogens is 460 g/mol. The number of benzene rings is 1. The fourth-order valence-electron chi connectivity index (χ4n) is 3.51. The molecule has 11 heteroatoms. The van der Waals surface area contributed by atoms with Gasteiger partial charge in [0.2, 0.25) is 11.8 Å². The largest absolute Gasteiger partial charge is 0.341 e. The van der Waals surface area contributed by atoms with Gasteiger partial charge in [-0.25, -0.2) is 13.4 Å². The highest BCUT2D eigenvalue weighted by Crippen LogP contribution is 2.38. The molecule has 3 heterocycles. The first-order valence-corrected chi connectivity index (χ1v) is 12.6. The molecule has 0 saturated carbocycles. The third kappa shape index (κ3) is 4.97.